The van der Waals surface area contributed by atoms with Gasteiger partial charge in [0.15, 0.2) is 0 Å². The van der Waals surface area contributed by atoms with Crippen LogP contribution in [0.15, 0.2) is 18.2 Å². The first kappa shape index (κ1) is 19.7. The number of nitrogens with zero attached hydrogens (tertiary/aromatic N) is 1. The van der Waals surface area contributed by atoms with Crippen LogP contribution >= 0.6 is 22.6 Å². The van der Waals surface area contributed by atoms with Gasteiger partial charge in [-0.15, -0.1) is 6.42 Å². The van der Waals surface area contributed by atoms with E-state index in [1.54, 1.807) is 13.2 Å². The molecule has 23 heavy (non-hydrogen) atoms. The summed E-state index contributed by atoms with van der Waals surface area (Å²) in [6, 6.07) is 5.43. The van der Waals surface area contributed by atoms with Gasteiger partial charge in [-0.1, -0.05) is 12.0 Å². The minimum atomic E-state index is -0.717. The summed E-state index contributed by atoms with van der Waals surface area (Å²) in [5.41, 5.74) is 0.652. The first-order valence-corrected chi connectivity index (χ1v) is 8.41. The van der Waals surface area contributed by atoms with Crippen LogP contribution in [-0.2, 0) is 13.0 Å². The van der Waals surface area contributed by atoms with Crippen LogP contribution in [0.3, 0.4) is 0 Å². The molecule has 6 heteroatoms. The molecule has 1 amide bonds. The van der Waals surface area contributed by atoms with Crippen molar-refractivity contribution in [1.82, 2.24) is 10.3 Å². The molecular weight excluding hydrogens is 407 g/mol. The summed E-state index contributed by atoms with van der Waals surface area (Å²) in [6.07, 6.45) is 6.33. The van der Waals surface area contributed by atoms with Crippen molar-refractivity contribution in [3.8, 4) is 12.3 Å². The van der Waals surface area contributed by atoms with Gasteiger partial charge in [0.05, 0.1) is 5.69 Å². The molecule has 1 N–H and O–H groups in total. The molecule has 0 aliphatic carbocycles. The van der Waals surface area contributed by atoms with Crippen molar-refractivity contribution in [1.29, 1.82) is 0 Å². The molecule has 126 valence electrons. The van der Waals surface area contributed by atoms with Gasteiger partial charge in [-0.05, 0) is 68.3 Å². The molecule has 1 rings (SSSR count). The minimum absolute atomic E-state index is 0.489. The van der Waals surface area contributed by atoms with E-state index in [0.717, 1.165) is 6.42 Å². The van der Waals surface area contributed by atoms with Gasteiger partial charge in [0.25, 0.3) is 0 Å². The summed E-state index contributed by atoms with van der Waals surface area (Å²) < 4.78 is 9.75. The van der Waals surface area contributed by atoms with Crippen molar-refractivity contribution in [2.45, 2.75) is 42.8 Å². The highest BCUT2D eigenvalue weighted by Gasteiger charge is 2.33. The highest BCUT2D eigenvalue weighted by atomic mass is 127. The average Bonchev–Trinajstić information content (AvgIpc) is 2.45. The topological polar surface area (TPSA) is 60.5 Å². The van der Waals surface area contributed by atoms with Crippen molar-refractivity contribution in [2.24, 2.45) is 0 Å². The van der Waals surface area contributed by atoms with E-state index in [4.69, 9.17) is 15.9 Å². The van der Waals surface area contributed by atoms with E-state index in [2.05, 4.69) is 38.8 Å². The molecule has 1 atom stereocenters. The third-order valence-corrected chi connectivity index (χ3v) is 4.23. The number of aromatic nitrogens is 1. The second-order valence-electron chi connectivity index (χ2n) is 6.08. The predicted molar refractivity (Wildman–Crippen MR) is 98.3 cm³/mol. The number of ether oxygens (including phenoxy) is 2. The van der Waals surface area contributed by atoms with E-state index in [1.807, 2.05) is 32.9 Å². The zero-order valence-corrected chi connectivity index (χ0v) is 16.1. The zero-order chi connectivity index (χ0) is 17.5. The number of carbonyl (C=O) groups is 1. The number of terminal acetylenes is 1. The molecule has 0 spiro atoms. The Balaban J connectivity index is 3.01. The molecule has 0 aliphatic rings. The van der Waals surface area contributed by atoms with E-state index in [0.29, 0.717) is 24.4 Å². The Bertz CT molecular complexity index is 578. The van der Waals surface area contributed by atoms with Crippen molar-refractivity contribution in [3.63, 3.8) is 0 Å². The number of pyridine rings is 1. The number of methoxy groups -OCH3 is 1. The number of nitrogens with one attached hydrogen (secondary N) is 1. The summed E-state index contributed by atoms with van der Waals surface area (Å²) in [6.45, 7) is 6.06. The molecule has 0 unspecified atom stereocenters. The normalized spacial score (nSPS) is 13.7. The Labute approximate surface area is 151 Å². The van der Waals surface area contributed by atoms with Crippen molar-refractivity contribution >= 4 is 28.7 Å². The monoisotopic (exact) mass is 430 g/mol. The van der Waals surface area contributed by atoms with Crippen LogP contribution in [-0.4, -0.2) is 30.4 Å². The van der Waals surface area contributed by atoms with E-state index >= 15 is 0 Å². The second kappa shape index (κ2) is 8.50. The fourth-order valence-corrected chi connectivity index (χ4v) is 2.82. The van der Waals surface area contributed by atoms with Crippen LogP contribution in [0.25, 0.3) is 0 Å². The first-order chi connectivity index (χ1) is 10.7. The van der Waals surface area contributed by atoms with Gasteiger partial charge in [0.2, 0.25) is 0 Å². The van der Waals surface area contributed by atoms with Gasteiger partial charge < -0.3 is 14.8 Å². The van der Waals surface area contributed by atoms with Crippen LogP contribution in [0.5, 0.6) is 0 Å². The highest BCUT2D eigenvalue weighted by Crippen LogP contribution is 2.33. The van der Waals surface area contributed by atoms with Crippen molar-refractivity contribution in [3.05, 3.63) is 29.6 Å². The fourth-order valence-electron chi connectivity index (χ4n) is 1.92. The molecular formula is C17H23IN2O3. The smallest absolute Gasteiger partial charge is 0.409 e. The lowest BCUT2D eigenvalue weighted by atomic mass is 10.1. The maximum atomic E-state index is 12.2. The third kappa shape index (κ3) is 6.75. The van der Waals surface area contributed by atoms with E-state index in [-0.39, 0.29) is 0 Å². The molecule has 0 fully saturated rings. The van der Waals surface area contributed by atoms with Crippen LogP contribution in [0.1, 0.15) is 45.0 Å². The van der Waals surface area contributed by atoms with Gasteiger partial charge in [-0.2, -0.15) is 0 Å². The Hall–Kier alpha value is -1.33. The molecule has 1 aromatic rings. The van der Waals surface area contributed by atoms with Crippen LogP contribution in [0, 0.1) is 12.3 Å². The summed E-state index contributed by atoms with van der Waals surface area (Å²) in [5, 5.41) is 2.92. The molecule has 1 aromatic heterocycles. The van der Waals surface area contributed by atoms with Crippen molar-refractivity contribution in [2.75, 3.05) is 13.7 Å². The summed E-state index contributed by atoms with van der Waals surface area (Å²) in [4.78, 5) is 16.6. The number of rotatable bonds is 6. The highest BCUT2D eigenvalue weighted by molar-refractivity contribution is 14.1. The standard InChI is InChI=1S/C17H23IN2O3/c1-6-13-9-7-10-14(19-13)17(18,11-8-12-22-5)20-15(21)23-16(2,3)4/h1,7,9-10H,8,11-12H2,2-5H3,(H,20,21)/t17-/m1/s1. The lowest BCUT2D eigenvalue weighted by molar-refractivity contribution is 0.0490. The van der Waals surface area contributed by atoms with Crippen LogP contribution < -0.4 is 5.32 Å². The summed E-state index contributed by atoms with van der Waals surface area (Å²) >= 11 is 2.18. The third-order valence-electron chi connectivity index (χ3n) is 2.87. The van der Waals surface area contributed by atoms with Crippen molar-refractivity contribution < 1.29 is 14.3 Å². The van der Waals surface area contributed by atoms with E-state index in [9.17, 15) is 4.79 Å². The Kier molecular flexibility index (Phi) is 7.29. The minimum Gasteiger partial charge on any atom is -0.444 e. The average molecular weight is 430 g/mol. The van der Waals surface area contributed by atoms with Gasteiger partial charge >= 0.3 is 6.09 Å². The number of alkyl carbamates (subject to hydrolysis) is 1. The molecule has 1 heterocycles. The van der Waals surface area contributed by atoms with E-state index in [1.165, 1.54) is 0 Å². The lowest BCUT2D eigenvalue weighted by Gasteiger charge is -2.30. The van der Waals surface area contributed by atoms with Gasteiger partial charge in [0.1, 0.15) is 14.8 Å². The number of hydrogen-bond donors (Lipinski definition) is 1. The number of halogens is 1. The maximum absolute atomic E-state index is 12.2. The van der Waals surface area contributed by atoms with Gasteiger partial charge in [-0.3, -0.25) is 0 Å². The zero-order valence-electron chi connectivity index (χ0n) is 14.0. The Morgan fingerprint density at radius 1 is 1.43 bits per heavy atom. The predicted octanol–water partition coefficient (Wildman–Crippen LogP) is 3.60. The largest absolute Gasteiger partial charge is 0.444 e. The number of hydrogen-bond acceptors (Lipinski definition) is 4. The molecule has 0 aromatic carbocycles. The molecule has 0 bridgehead atoms. The molecule has 0 radical (unpaired) electrons. The van der Waals surface area contributed by atoms with Gasteiger partial charge in [0, 0.05) is 13.7 Å². The summed E-state index contributed by atoms with van der Waals surface area (Å²) in [7, 11) is 1.65. The van der Waals surface area contributed by atoms with Crippen LogP contribution in [0.4, 0.5) is 4.79 Å². The molecule has 0 aliphatic heterocycles. The summed E-state index contributed by atoms with van der Waals surface area (Å²) in [5.74, 6) is 2.52. The van der Waals surface area contributed by atoms with Gasteiger partial charge in [-0.25, -0.2) is 9.78 Å². The van der Waals surface area contributed by atoms with Crippen LogP contribution in [0.2, 0.25) is 0 Å². The fraction of sp³-hybridized carbons (Fsp3) is 0.529. The molecule has 5 nitrogen and oxygen atoms in total. The first-order valence-electron chi connectivity index (χ1n) is 7.33. The second-order valence-corrected chi connectivity index (χ2v) is 7.92. The molecule has 0 saturated heterocycles. The number of alkyl halides is 1. The maximum Gasteiger partial charge on any atom is 0.409 e. The quantitative estimate of drug-likeness (QED) is 0.246. The molecule has 0 saturated carbocycles. The van der Waals surface area contributed by atoms with E-state index < -0.39 is 15.2 Å². The number of carbonyl (C=O) groups excluding carboxylic acids is 1. The SMILES string of the molecule is C#Cc1cccc([C@@](I)(CCCOC)NC(=O)OC(C)(C)C)n1. The number of amides is 1. The lowest BCUT2D eigenvalue weighted by Crippen LogP contribution is -2.44. The Morgan fingerprint density at radius 3 is 2.70 bits per heavy atom. The Morgan fingerprint density at radius 2 is 2.13 bits per heavy atom.